The smallest absolute Gasteiger partial charge is 0.328 e. The van der Waals surface area contributed by atoms with Crippen molar-refractivity contribution in [2.75, 3.05) is 0 Å². The van der Waals surface area contributed by atoms with Gasteiger partial charge in [-0.2, -0.15) is 0 Å². The summed E-state index contributed by atoms with van der Waals surface area (Å²) in [6.45, 7) is 2.08. The molecular weight excluding hydrogens is 328 g/mol. The van der Waals surface area contributed by atoms with E-state index in [1.165, 1.54) is 4.90 Å². The van der Waals surface area contributed by atoms with Crippen molar-refractivity contribution < 1.29 is 14.7 Å². The molecule has 0 saturated carbocycles. The van der Waals surface area contributed by atoms with E-state index >= 15 is 0 Å². The summed E-state index contributed by atoms with van der Waals surface area (Å²) in [5.74, 6) is -0.0703. The van der Waals surface area contributed by atoms with Crippen LogP contribution in [0.5, 0.6) is 0 Å². The van der Waals surface area contributed by atoms with Crippen molar-refractivity contribution in [2.24, 2.45) is 0 Å². The first kappa shape index (κ1) is 14.8. The van der Waals surface area contributed by atoms with Gasteiger partial charge in [-0.3, -0.25) is 4.79 Å². The van der Waals surface area contributed by atoms with E-state index in [-0.39, 0.29) is 19.0 Å². The fourth-order valence-corrected chi connectivity index (χ4v) is 3.77. The molecule has 1 N–H and O–H groups in total. The highest BCUT2D eigenvalue weighted by atomic mass is 32.1. The number of carboxylic acid groups (broad SMARTS) is 1. The predicted octanol–water partition coefficient (Wildman–Crippen LogP) is 1.91. The van der Waals surface area contributed by atoms with Crippen molar-refractivity contribution in [2.45, 2.75) is 26.1 Å². The second-order valence-corrected chi connectivity index (χ2v) is 6.68. The quantitative estimate of drug-likeness (QED) is 0.768. The SMILES string of the molecule is Cc1nnc2n1CC(C(=O)O)N(C(=O)c1ccc3sccc3c1)C2. The fourth-order valence-electron chi connectivity index (χ4n) is 3.00. The maximum absolute atomic E-state index is 12.9. The summed E-state index contributed by atoms with van der Waals surface area (Å²) in [7, 11) is 0. The molecule has 0 radical (unpaired) electrons. The number of carbonyl (C=O) groups excluding carboxylic acids is 1. The Morgan fingerprint density at radius 3 is 2.92 bits per heavy atom. The van der Waals surface area contributed by atoms with E-state index in [1.807, 2.05) is 17.5 Å². The van der Waals surface area contributed by atoms with Crippen LogP contribution in [0.25, 0.3) is 10.1 Å². The number of carbonyl (C=O) groups is 2. The van der Waals surface area contributed by atoms with Crippen molar-refractivity contribution in [3.05, 3.63) is 46.9 Å². The highest BCUT2D eigenvalue weighted by Crippen LogP contribution is 2.25. The van der Waals surface area contributed by atoms with E-state index in [2.05, 4.69) is 10.2 Å². The number of fused-ring (bicyclic) bond motifs is 2. The van der Waals surface area contributed by atoms with Crippen molar-refractivity contribution in [1.82, 2.24) is 19.7 Å². The van der Waals surface area contributed by atoms with Crippen LogP contribution in [0.3, 0.4) is 0 Å². The number of hydrogen-bond donors (Lipinski definition) is 1. The van der Waals surface area contributed by atoms with Gasteiger partial charge in [-0.15, -0.1) is 21.5 Å². The normalized spacial score (nSPS) is 17.0. The van der Waals surface area contributed by atoms with Crippen LogP contribution < -0.4 is 0 Å². The molecule has 1 aliphatic rings. The largest absolute Gasteiger partial charge is 0.480 e. The number of nitrogens with zero attached hydrogens (tertiary/aromatic N) is 4. The predicted molar refractivity (Wildman–Crippen MR) is 87.9 cm³/mol. The Balaban J connectivity index is 1.72. The molecule has 3 aromatic rings. The lowest BCUT2D eigenvalue weighted by Crippen LogP contribution is -2.50. The molecule has 24 heavy (non-hydrogen) atoms. The molecule has 4 rings (SSSR count). The van der Waals surface area contributed by atoms with Gasteiger partial charge < -0.3 is 14.6 Å². The first-order valence-electron chi connectivity index (χ1n) is 7.44. The van der Waals surface area contributed by atoms with Crippen molar-refractivity contribution in [3.63, 3.8) is 0 Å². The zero-order chi connectivity index (χ0) is 16.8. The molecule has 0 saturated heterocycles. The van der Waals surface area contributed by atoms with Gasteiger partial charge in [0.15, 0.2) is 5.82 Å². The van der Waals surface area contributed by atoms with Crippen LogP contribution in [-0.2, 0) is 17.9 Å². The second-order valence-electron chi connectivity index (χ2n) is 5.73. The van der Waals surface area contributed by atoms with Crippen LogP contribution >= 0.6 is 11.3 Å². The highest BCUT2D eigenvalue weighted by molar-refractivity contribution is 7.17. The first-order chi connectivity index (χ1) is 11.5. The lowest BCUT2D eigenvalue weighted by Gasteiger charge is -2.33. The third-order valence-electron chi connectivity index (χ3n) is 4.30. The summed E-state index contributed by atoms with van der Waals surface area (Å²) in [6.07, 6.45) is 0. The van der Waals surface area contributed by atoms with Gasteiger partial charge in [0, 0.05) is 10.3 Å². The molecule has 1 atom stereocenters. The van der Waals surface area contributed by atoms with E-state index in [4.69, 9.17) is 0 Å². The molecule has 1 aromatic carbocycles. The van der Waals surface area contributed by atoms with E-state index in [1.54, 1.807) is 35.0 Å². The average molecular weight is 342 g/mol. The molecule has 122 valence electrons. The van der Waals surface area contributed by atoms with E-state index in [9.17, 15) is 14.7 Å². The molecule has 0 fully saturated rings. The molecule has 0 aliphatic carbocycles. The summed E-state index contributed by atoms with van der Waals surface area (Å²) in [4.78, 5) is 25.9. The number of hydrogen-bond acceptors (Lipinski definition) is 5. The van der Waals surface area contributed by atoms with Crippen LogP contribution in [0.4, 0.5) is 0 Å². The van der Waals surface area contributed by atoms with Gasteiger partial charge >= 0.3 is 5.97 Å². The van der Waals surface area contributed by atoms with Gasteiger partial charge in [0.1, 0.15) is 11.9 Å². The molecule has 8 heteroatoms. The Hall–Kier alpha value is -2.74. The van der Waals surface area contributed by atoms with E-state index < -0.39 is 12.0 Å². The van der Waals surface area contributed by atoms with Gasteiger partial charge in [-0.05, 0) is 42.0 Å². The molecule has 3 heterocycles. The number of amides is 1. The zero-order valence-corrected chi connectivity index (χ0v) is 13.7. The van der Waals surface area contributed by atoms with Crippen LogP contribution in [-0.4, -0.2) is 42.7 Å². The summed E-state index contributed by atoms with van der Waals surface area (Å²) in [6, 6.07) is 6.45. The van der Waals surface area contributed by atoms with Gasteiger partial charge in [0.05, 0.1) is 13.1 Å². The fraction of sp³-hybridized carbons (Fsp3) is 0.250. The topological polar surface area (TPSA) is 88.3 Å². The Kier molecular flexibility index (Phi) is 3.34. The summed E-state index contributed by atoms with van der Waals surface area (Å²) < 4.78 is 2.85. The molecule has 1 unspecified atom stereocenters. The van der Waals surface area contributed by atoms with Gasteiger partial charge in [-0.25, -0.2) is 4.79 Å². The minimum absolute atomic E-state index is 0.137. The molecule has 0 bridgehead atoms. The van der Waals surface area contributed by atoms with Crippen LogP contribution in [0.1, 0.15) is 22.0 Å². The molecule has 1 amide bonds. The van der Waals surface area contributed by atoms with Gasteiger partial charge in [-0.1, -0.05) is 0 Å². The van der Waals surface area contributed by atoms with Crippen LogP contribution in [0.2, 0.25) is 0 Å². The van der Waals surface area contributed by atoms with E-state index in [0.29, 0.717) is 17.2 Å². The minimum Gasteiger partial charge on any atom is -0.480 e. The maximum Gasteiger partial charge on any atom is 0.328 e. The van der Waals surface area contributed by atoms with Gasteiger partial charge in [0.2, 0.25) is 0 Å². The monoisotopic (exact) mass is 342 g/mol. The summed E-state index contributed by atoms with van der Waals surface area (Å²) >= 11 is 1.60. The number of aliphatic carboxylic acids is 1. The standard InChI is InChI=1S/C16H14N4O3S/c1-9-17-18-14-8-20(12(16(22)23)7-19(9)14)15(21)11-2-3-13-10(6-11)4-5-24-13/h2-6,12H,7-8H2,1H3,(H,22,23). The number of aromatic nitrogens is 3. The van der Waals surface area contributed by atoms with Crippen molar-refractivity contribution >= 4 is 33.3 Å². The van der Waals surface area contributed by atoms with Crippen molar-refractivity contribution in [1.29, 1.82) is 0 Å². The van der Waals surface area contributed by atoms with Crippen LogP contribution in [0, 0.1) is 6.92 Å². The third-order valence-corrected chi connectivity index (χ3v) is 5.20. The molecule has 7 nitrogen and oxygen atoms in total. The number of benzene rings is 1. The second kappa shape index (κ2) is 5.41. The van der Waals surface area contributed by atoms with Gasteiger partial charge in [0.25, 0.3) is 5.91 Å². The Morgan fingerprint density at radius 2 is 2.12 bits per heavy atom. The number of rotatable bonds is 2. The Morgan fingerprint density at radius 1 is 1.29 bits per heavy atom. The molecule has 1 aliphatic heterocycles. The van der Waals surface area contributed by atoms with Crippen molar-refractivity contribution in [3.8, 4) is 0 Å². The number of aryl methyl sites for hydroxylation is 1. The summed E-state index contributed by atoms with van der Waals surface area (Å²) in [5, 5.41) is 20.5. The van der Waals surface area contributed by atoms with Crippen LogP contribution in [0.15, 0.2) is 29.6 Å². The maximum atomic E-state index is 12.9. The Bertz CT molecular complexity index is 961. The minimum atomic E-state index is -1.03. The van der Waals surface area contributed by atoms with E-state index in [0.717, 1.165) is 10.1 Å². The average Bonchev–Trinajstić information content (AvgIpc) is 3.19. The third kappa shape index (κ3) is 2.26. The first-order valence-corrected chi connectivity index (χ1v) is 8.32. The number of carboxylic acids is 1. The number of thiophene rings is 1. The molecule has 0 spiro atoms. The lowest BCUT2D eigenvalue weighted by atomic mass is 10.1. The summed E-state index contributed by atoms with van der Waals surface area (Å²) in [5.41, 5.74) is 0.483. The lowest BCUT2D eigenvalue weighted by molar-refractivity contribution is -0.143. The zero-order valence-electron chi connectivity index (χ0n) is 12.8. The highest BCUT2D eigenvalue weighted by Gasteiger charge is 2.36. The molecule has 2 aromatic heterocycles. The Labute approximate surface area is 141 Å². The molecular formula is C16H14N4O3S.